The first kappa shape index (κ1) is 12.5. The van der Waals surface area contributed by atoms with Crippen LogP contribution in [0, 0.1) is 0 Å². The molecule has 1 unspecified atom stereocenters. The van der Waals surface area contributed by atoms with Gasteiger partial charge in [0.1, 0.15) is 0 Å². The van der Waals surface area contributed by atoms with Crippen molar-refractivity contribution in [3.63, 3.8) is 0 Å². The monoisotopic (exact) mass is 214 g/mol. The van der Waals surface area contributed by atoms with Crippen LogP contribution in [0.3, 0.4) is 0 Å². The Hall–Kier alpha value is -0.610. The van der Waals surface area contributed by atoms with Gasteiger partial charge in [-0.1, -0.05) is 0 Å². The second-order valence-electron chi connectivity index (χ2n) is 4.39. The molecule has 0 saturated carbocycles. The molecule has 0 aromatic rings. The fourth-order valence-electron chi connectivity index (χ4n) is 2.04. The van der Waals surface area contributed by atoms with Crippen LogP contribution in [0.1, 0.15) is 26.2 Å². The average molecular weight is 214 g/mol. The van der Waals surface area contributed by atoms with Crippen molar-refractivity contribution in [1.29, 1.82) is 0 Å². The second kappa shape index (κ2) is 6.08. The summed E-state index contributed by atoms with van der Waals surface area (Å²) in [6.45, 7) is 4.11. The van der Waals surface area contributed by atoms with E-state index >= 15 is 0 Å². The molecular weight excluding hydrogens is 192 g/mol. The minimum absolute atomic E-state index is 0.110. The van der Waals surface area contributed by atoms with Crippen LogP contribution in [-0.2, 0) is 4.79 Å². The van der Waals surface area contributed by atoms with Crippen LogP contribution in [0.25, 0.3) is 0 Å². The normalized spacial score (nSPS) is 22.1. The first-order chi connectivity index (χ1) is 7.15. The highest BCUT2D eigenvalue weighted by Crippen LogP contribution is 2.16. The lowest BCUT2D eigenvalue weighted by Gasteiger charge is -2.34. The zero-order valence-electron chi connectivity index (χ0n) is 9.78. The maximum atomic E-state index is 11.9. The van der Waals surface area contributed by atoms with E-state index in [0.717, 1.165) is 19.4 Å². The van der Waals surface area contributed by atoms with E-state index in [1.807, 2.05) is 16.8 Å². The Morgan fingerprint density at radius 2 is 2.27 bits per heavy atom. The number of likely N-dealkylation sites (N-methyl/N-ethyl adjacent to an activating group) is 1. The molecule has 1 rings (SSSR count). The molecule has 0 aromatic carbocycles. The van der Waals surface area contributed by atoms with Gasteiger partial charge in [0.15, 0.2) is 0 Å². The highest BCUT2D eigenvalue weighted by Gasteiger charge is 2.23. The van der Waals surface area contributed by atoms with E-state index in [9.17, 15) is 4.79 Å². The molecule has 1 aliphatic rings. The minimum atomic E-state index is 0.110. The number of aliphatic hydroxyl groups excluding tert-OH is 1. The fraction of sp³-hybridized carbons (Fsp3) is 0.909. The van der Waals surface area contributed by atoms with Gasteiger partial charge in [0.25, 0.3) is 0 Å². The number of carbonyl (C=O) groups excluding carboxylic acids is 1. The molecule has 4 heteroatoms. The number of carbonyl (C=O) groups is 1. The second-order valence-corrected chi connectivity index (χ2v) is 4.39. The zero-order valence-corrected chi connectivity index (χ0v) is 9.78. The van der Waals surface area contributed by atoms with Crippen molar-refractivity contribution >= 4 is 5.91 Å². The Bertz CT molecular complexity index is 209. The topological polar surface area (TPSA) is 43.8 Å². The van der Waals surface area contributed by atoms with Gasteiger partial charge in [0.2, 0.25) is 5.91 Å². The van der Waals surface area contributed by atoms with Crippen molar-refractivity contribution in [3.8, 4) is 0 Å². The molecule has 1 saturated heterocycles. The molecule has 4 nitrogen and oxygen atoms in total. The molecule has 1 aliphatic heterocycles. The number of likely N-dealkylation sites (tertiary alicyclic amines) is 1. The van der Waals surface area contributed by atoms with Gasteiger partial charge >= 0.3 is 0 Å². The fourth-order valence-corrected chi connectivity index (χ4v) is 2.04. The molecular formula is C11H22N2O2. The molecule has 0 aliphatic carbocycles. The molecule has 0 bridgehead atoms. The Kier molecular flexibility index (Phi) is 5.05. The third-order valence-corrected chi connectivity index (χ3v) is 3.01. The molecule has 1 N–H and O–H groups in total. The Labute approximate surface area is 91.9 Å². The van der Waals surface area contributed by atoms with Gasteiger partial charge in [-0.3, -0.25) is 9.69 Å². The maximum absolute atomic E-state index is 11.9. The third kappa shape index (κ3) is 3.80. The molecule has 0 aromatic heterocycles. The largest absolute Gasteiger partial charge is 0.395 e. The lowest BCUT2D eigenvalue weighted by molar-refractivity contribution is -0.135. The van der Waals surface area contributed by atoms with Crippen LogP contribution in [0.2, 0.25) is 0 Å². The molecule has 1 atom stereocenters. The number of hydrogen-bond donors (Lipinski definition) is 1. The van der Waals surface area contributed by atoms with Crippen LogP contribution < -0.4 is 0 Å². The third-order valence-electron chi connectivity index (χ3n) is 3.01. The highest BCUT2D eigenvalue weighted by atomic mass is 16.3. The van der Waals surface area contributed by atoms with Gasteiger partial charge in [-0.25, -0.2) is 0 Å². The van der Waals surface area contributed by atoms with Crippen molar-refractivity contribution in [3.05, 3.63) is 0 Å². The molecule has 0 spiro atoms. The molecule has 1 heterocycles. The first-order valence-corrected chi connectivity index (χ1v) is 5.74. The van der Waals surface area contributed by atoms with Crippen LogP contribution >= 0.6 is 0 Å². The summed E-state index contributed by atoms with van der Waals surface area (Å²) in [5, 5.41) is 8.75. The highest BCUT2D eigenvalue weighted by molar-refractivity contribution is 5.78. The quantitative estimate of drug-likeness (QED) is 0.732. The van der Waals surface area contributed by atoms with E-state index in [1.165, 1.54) is 6.42 Å². The van der Waals surface area contributed by atoms with Gasteiger partial charge in [-0.05, 0) is 33.2 Å². The average Bonchev–Trinajstić information content (AvgIpc) is 2.18. The predicted octanol–water partition coefficient (Wildman–Crippen LogP) is 0.311. The van der Waals surface area contributed by atoms with E-state index in [-0.39, 0.29) is 12.5 Å². The zero-order chi connectivity index (χ0) is 11.3. The summed E-state index contributed by atoms with van der Waals surface area (Å²) in [5.41, 5.74) is 0. The minimum Gasteiger partial charge on any atom is -0.395 e. The van der Waals surface area contributed by atoms with Gasteiger partial charge in [0, 0.05) is 19.1 Å². The van der Waals surface area contributed by atoms with Gasteiger partial charge < -0.3 is 10.0 Å². The molecule has 1 amide bonds. The van der Waals surface area contributed by atoms with Gasteiger partial charge in [-0.2, -0.15) is 0 Å². The van der Waals surface area contributed by atoms with E-state index in [2.05, 4.69) is 6.92 Å². The molecule has 0 radical (unpaired) electrons. The number of amides is 1. The summed E-state index contributed by atoms with van der Waals surface area (Å²) >= 11 is 0. The van der Waals surface area contributed by atoms with Gasteiger partial charge in [0.05, 0.1) is 13.2 Å². The number of hydrogen-bond acceptors (Lipinski definition) is 3. The van der Waals surface area contributed by atoms with E-state index in [0.29, 0.717) is 19.1 Å². The van der Waals surface area contributed by atoms with Crippen LogP contribution in [-0.4, -0.2) is 60.1 Å². The Morgan fingerprint density at radius 1 is 1.53 bits per heavy atom. The lowest BCUT2D eigenvalue weighted by atomic mass is 10.0. The SMILES string of the molecule is CC1CCCCN1C(=O)CN(C)CCO. The maximum Gasteiger partial charge on any atom is 0.236 e. The van der Waals surface area contributed by atoms with E-state index in [4.69, 9.17) is 5.11 Å². The van der Waals surface area contributed by atoms with Crippen molar-refractivity contribution in [1.82, 2.24) is 9.80 Å². The van der Waals surface area contributed by atoms with Crippen molar-refractivity contribution in [2.75, 3.05) is 33.3 Å². The first-order valence-electron chi connectivity index (χ1n) is 5.74. The van der Waals surface area contributed by atoms with Crippen molar-refractivity contribution in [2.45, 2.75) is 32.2 Å². The van der Waals surface area contributed by atoms with Crippen LogP contribution in [0.15, 0.2) is 0 Å². The number of nitrogens with zero attached hydrogens (tertiary/aromatic N) is 2. The molecule has 15 heavy (non-hydrogen) atoms. The summed E-state index contributed by atoms with van der Waals surface area (Å²) in [5.74, 6) is 0.193. The van der Waals surface area contributed by atoms with Crippen LogP contribution in [0.4, 0.5) is 0 Å². The summed E-state index contributed by atoms with van der Waals surface area (Å²) < 4.78 is 0. The summed E-state index contributed by atoms with van der Waals surface area (Å²) in [6, 6.07) is 0.383. The van der Waals surface area contributed by atoms with E-state index in [1.54, 1.807) is 0 Å². The summed E-state index contributed by atoms with van der Waals surface area (Å²) in [6.07, 6.45) is 3.48. The molecule has 88 valence electrons. The molecule has 1 fully saturated rings. The van der Waals surface area contributed by atoms with E-state index < -0.39 is 0 Å². The standard InChI is InChI=1S/C11H22N2O2/c1-10-5-3-4-6-13(10)11(15)9-12(2)7-8-14/h10,14H,3-9H2,1-2H3. The summed E-state index contributed by atoms with van der Waals surface area (Å²) in [7, 11) is 1.86. The number of piperidine rings is 1. The van der Waals surface area contributed by atoms with Crippen LogP contribution in [0.5, 0.6) is 0 Å². The van der Waals surface area contributed by atoms with Gasteiger partial charge in [-0.15, -0.1) is 0 Å². The van der Waals surface area contributed by atoms with Crippen molar-refractivity contribution in [2.24, 2.45) is 0 Å². The number of aliphatic hydroxyl groups is 1. The smallest absolute Gasteiger partial charge is 0.236 e. The predicted molar refractivity (Wildman–Crippen MR) is 59.6 cm³/mol. The van der Waals surface area contributed by atoms with Crippen molar-refractivity contribution < 1.29 is 9.90 Å². The Morgan fingerprint density at radius 3 is 2.87 bits per heavy atom. The summed E-state index contributed by atoms with van der Waals surface area (Å²) in [4.78, 5) is 15.7. The lowest BCUT2D eigenvalue weighted by Crippen LogP contribution is -2.46. The Balaban J connectivity index is 2.37. The number of rotatable bonds is 4.